The van der Waals surface area contributed by atoms with Crippen LogP contribution in [0.25, 0.3) is 0 Å². The van der Waals surface area contributed by atoms with Crippen molar-refractivity contribution in [2.75, 3.05) is 50.7 Å². The molecule has 0 radical (unpaired) electrons. The Hall–Kier alpha value is -4.83. The van der Waals surface area contributed by atoms with Crippen molar-refractivity contribution < 1.29 is 24.1 Å². The number of methoxy groups -OCH3 is 2. The summed E-state index contributed by atoms with van der Waals surface area (Å²) in [5.74, 6) is 2.15. The smallest absolute Gasteiger partial charge is 0.413 e. The Morgan fingerprint density at radius 3 is 2.43 bits per heavy atom. The molecule has 10 heteroatoms. The maximum Gasteiger partial charge on any atom is 0.413 e. The van der Waals surface area contributed by atoms with Crippen molar-refractivity contribution in [2.45, 2.75) is 52.5 Å². The number of aromatic nitrogens is 2. The third-order valence-corrected chi connectivity index (χ3v) is 8.52. The lowest BCUT2D eigenvalue weighted by molar-refractivity contribution is 0.199. The molecule has 0 saturated carbocycles. The molecule has 1 aliphatic rings. The average molecular weight is 640 g/mol. The van der Waals surface area contributed by atoms with Crippen LogP contribution in [0.5, 0.6) is 17.2 Å². The summed E-state index contributed by atoms with van der Waals surface area (Å²) in [5.41, 5.74) is 5.18. The number of para-hydroxylation sites is 1. The number of nitrogens with one attached hydrogen (secondary N) is 1. The monoisotopic (exact) mass is 639 g/mol. The summed E-state index contributed by atoms with van der Waals surface area (Å²) in [7, 11) is 3.11. The number of likely N-dealkylation sites (tertiary alicyclic amines) is 1. The maximum atomic E-state index is 13.2. The number of aryl methyl sites for hydroxylation is 3. The SMILES string of the molecule is COc1cccc(C(c2c(C)cc(C)cc2C)N(C(=O)O)c2ccnc(Nc3cccc(OCCCN4CCCCC4)c3)n2)c1OC. The fraction of sp³-hybridized carbons (Fsp3) is 0.378. The minimum atomic E-state index is -1.18. The van der Waals surface area contributed by atoms with Crippen LogP contribution in [0.4, 0.5) is 22.2 Å². The van der Waals surface area contributed by atoms with Gasteiger partial charge in [0.05, 0.1) is 26.9 Å². The molecular formula is C37H45N5O5. The van der Waals surface area contributed by atoms with Crippen LogP contribution in [0, 0.1) is 20.8 Å². The molecular weight excluding hydrogens is 594 g/mol. The molecule has 1 aliphatic heterocycles. The number of rotatable bonds is 13. The zero-order chi connectivity index (χ0) is 33.3. The number of amides is 1. The fourth-order valence-electron chi connectivity index (χ4n) is 6.51. The van der Waals surface area contributed by atoms with Gasteiger partial charge in [0.1, 0.15) is 11.6 Å². The standard InChI is InChI=1S/C37H45N5O5/c1-25-22-26(2)33(27(3)23-25)34(30-14-10-15-31(45-4)35(30)46-5)42(37(43)44)32-16-17-38-36(40-32)39-28-12-9-13-29(24-28)47-21-11-20-41-18-7-6-8-19-41/h9-10,12-17,22-24,34H,6-8,11,18-21H2,1-5H3,(H,43,44)(H,38,39,40). The number of hydrogen-bond donors (Lipinski definition) is 2. The highest BCUT2D eigenvalue weighted by molar-refractivity contribution is 5.87. The molecule has 248 valence electrons. The van der Waals surface area contributed by atoms with Gasteiger partial charge in [-0.3, -0.25) is 0 Å². The zero-order valence-electron chi connectivity index (χ0n) is 28.0. The summed E-state index contributed by atoms with van der Waals surface area (Å²) in [4.78, 5) is 26.1. The molecule has 1 aromatic heterocycles. The second-order valence-corrected chi connectivity index (χ2v) is 11.9. The lowest BCUT2D eigenvalue weighted by atomic mass is 9.88. The topological polar surface area (TPSA) is 109 Å². The highest BCUT2D eigenvalue weighted by atomic mass is 16.5. The van der Waals surface area contributed by atoms with Crippen LogP contribution in [0.2, 0.25) is 0 Å². The van der Waals surface area contributed by atoms with Crippen LogP contribution < -0.4 is 24.4 Å². The van der Waals surface area contributed by atoms with E-state index in [2.05, 4.69) is 27.3 Å². The number of carbonyl (C=O) groups is 1. The molecule has 0 bridgehead atoms. The van der Waals surface area contributed by atoms with Gasteiger partial charge in [0.15, 0.2) is 11.5 Å². The Balaban J connectivity index is 1.44. The Labute approximate surface area is 277 Å². The average Bonchev–Trinajstić information content (AvgIpc) is 3.06. The second-order valence-electron chi connectivity index (χ2n) is 11.9. The Kier molecular flexibility index (Phi) is 11.2. The number of nitrogens with zero attached hydrogens (tertiary/aromatic N) is 4. The molecule has 1 amide bonds. The van der Waals surface area contributed by atoms with Gasteiger partial charge >= 0.3 is 6.09 Å². The summed E-state index contributed by atoms with van der Waals surface area (Å²) in [6.45, 7) is 10.0. The predicted molar refractivity (Wildman–Crippen MR) is 185 cm³/mol. The van der Waals surface area contributed by atoms with Crippen molar-refractivity contribution in [1.82, 2.24) is 14.9 Å². The maximum absolute atomic E-state index is 13.2. The van der Waals surface area contributed by atoms with E-state index in [1.165, 1.54) is 37.3 Å². The van der Waals surface area contributed by atoms with E-state index in [1.807, 2.05) is 57.2 Å². The second kappa shape index (κ2) is 15.6. The van der Waals surface area contributed by atoms with E-state index < -0.39 is 12.1 Å². The van der Waals surface area contributed by atoms with E-state index in [0.29, 0.717) is 23.7 Å². The highest BCUT2D eigenvalue weighted by Crippen LogP contribution is 2.43. The van der Waals surface area contributed by atoms with Gasteiger partial charge in [0.25, 0.3) is 0 Å². The Bertz CT molecular complexity index is 1650. The molecule has 1 atom stereocenters. The quantitative estimate of drug-likeness (QED) is 0.142. The van der Waals surface area contributed by atoms with Crippen molar-refractivity contribution in [3.63, 3.8) is 0 Å². The van der Waals surface area contributed by atoms with Crippen LogP contribution in [-0.4, -0.2) is 66.5 Å². The molecule has 0 spiro atoms. The molecule has 2 heterocycles. The van der Waals surface area contributed by atoms with E-state index in [1.54, 1.807) is 32.5 Å². The largest absolute Gasteiger partial charge is 0.493 e. The number of carboxylic acid groups (broad SMARTS) is 1. The van der Waals surface area contributed by atoms with E-state index in [0.717, 1.165) is 46.7 Å². The van der Waals surface area contributed by atoms with Gasteiger partial charge < -0.3 is 29.5 Å². The van der Waals surface area contributed by atoms with Crippen LogP contribution >= 0.6 is 0 Å². The summed E-state index contributed by atoms with van der Waals surface area (Å²) < 4.78 is 17.5. The molecule has 10 nitrogen and oxygen atoms in total. The van der Waals surface area contributed by atoms with Gasteiger partial charge in [0, 0.05) is 30.1 Å². The van der Waals surface area contributed by atoms with Gasteiger partial charge in [-0.25, -0.2) is 14.7 Å². The third kappa shape index (κ3) is 8.13. The normalized spacial score (nSPS) is 13.9. The minimum Gasteiger partial charge on any atom is -0.493 e. The van der Waals surface area contributed by atoms with Gasteiger partial charge in [-0.1, -0.05) is 42.3 Å². The van der Waals surface area contributed by atoms with E-state index in [4.69, 9.17) is 19.2 Å². The summed E-state index contributed by atoms with van der Waals surface area (Å²) in [6, 6.07) is 18.0. The van der Waals surface area contributed by atoms with E-state index in [9.17, 15) is 9.90 Å². The highest BCUT2D eigenvalue weighted by Gasteiger charge is 2.34. The molecule has 47 heavy (non-hydrogen) atoms. The molecule has 2 N–H and O–H groups in total. The van der Waals surface area contributed by atoms with Crippen LogP contribution in [0.1, 0.15) is 59.5 Å². The number of anilines is 3. The molecule has 4 aromatic rings. The zero-order valence-corrected chi connectivity index (χ0v) is 28.0. The number of ether oxygens (including phenoxy) is 3. The number of benzene rings is 3. The van der Waals surface area contributed by atoms with Gasteiger partial charge in [-0.15, -0.1) is 0 Å². The predicted octanol–water partition coefficient (Wildman–Crippen LogP) is 7.69. The van der Waals surface area contributed by atoms with Crippen molar-refractivity contribution in [3.05, 3.63) is 94.7 Å². The van der Waals surface area contributed by atoms with Crippen LogP contribution in [0.3, 0.4) is 0 Å². The number of hydrogen-bond acceptors (Lipinski definition) is 8. The van der Waals surface area contributed by atoms with Gasteiger partial charge in [-0.05, 0) is 94.1 Å². The summed E-state index contributed by atoms with van der Waals surface area (Å²) >= 11 is 0. The third-order valence-electron chi connectivity index (χ3n) is 8.52. The molecule has 0 aliphatic carbocycles. The Morgan fingerprint density at radius 2 is 1.72 bits per heavy atom. The molecule has 3 aromatic carbocycles. The molecule has 1 saturated heterocycles. The first-order valence-electron chi connectivity index (χ1n) is 16.1. The van der Waals surface area contributed by atoms with Gasteiger partial charge in [0.2, 0.25) is 5.95 Å². The molecule has 1 fully saturated rings. The van der Waals surface area contributed by atoms with Crippen molar-refractivity contribution in [1.29, 1.82) is 0 Å². The first-order chi connectivity index (χ1) is 22.8. The minimum absolute atomic E-state index is 0.203. The van der Waals surface area contributed by atoms with Crippen molar-refractivity contribution in [2.24, 2.45) is 0 Å². The van der Waals surface area contributed by atoms with E-state index >= 15 is 0 Å². The number of piperidine rings is 1. The lowest BCUT2D eigenvalue weighted by Crippen LogP contribution is -2.36. The lowest BCUT2D eigenvalue weighted by Gasteiger charge is -2.33. The summed E-state index contributed by atoms with van der Waals surface area (Å²) in [5, 5.41) is 14.0. The summed E-state index contributed by atoms with van der Waals surface area (Å²) in [6.07, 6.45) is 5.23. The fourth-order valence-corrected chi connectivity index (χ4v) is 6.51. The van der Waals surface area contributed by atoms with Crippen LogP contribution in [0.15, 0.2) is 66.9 Å². The first-order valence-corrected chi connectivity index (χ1v) is 16.1. The van der Waals surface area contributed by atoms with Crippen LogP contribution in [-0.2, 0) is 0 Å². The molecule has 5 rings (SSSR count). The van der Waals surface area contributed by atoms with Crippen molar-refractivity contribution >= 4 is 23.5 Å². The van der Waals surface area contributed by atoms with Gasteiger partial charge in [-0.2, -0.15) is 4.98 Å². The van der Waals surface area contributed by atoms with Crippen molar-refractivity contribution in [3.8, 4) is 17.2 Å². The molecule has 1 unspecified atom stereocenters. The Morgan fingerprint density at radius 1 is 0.979 bits per heavy atom. The first kappa shape index (κ1) is 33.5. The van der Waals surface area contributed by atoms with E-state index in [-0.39, 0.29) is 11.8 Å².